The van der Waals surface area contributed by atoms with Crippen molar-refractivity contribution in [1.82, 2.24) is 15.2 Å². The van der Waals surface area contributed by atoms with E-state index >= 15 is 0 Å². The minimum Gasteiger partial charge on any atom is -0.387 e. The molecule has 0 fully saturated rings. The van der Waals surface area contributed by atoms with Crippen LogP contribution in [0.4, 0.5) is 0 Å². The first-order chi connectivity index (χ1) is 8.32. The van der Waals surface area contributed by atoms with E-state index in [2.05, 4.69) is 10.3 Å². The number of carbonyl (C=O) groups is 1. The minimum absolute atomic E-state index is 0.194. The lowest BCUT2D eigenvalue weighted by Crippen LogP contribution is -2.47. The van der Waals surface area contributed by atoms with Crippen LogP contribution in [0.2, 0.25) is 0 Å². The summed E-state index contributed by atoms with van der Waals surface area (Å²) in [5.74, 6) is -0.257. The number of aromatic nitrogens is 1. The highest BCUT2D eigenvalue weighted by Gasteiger charge is 2.22. The zero-order valence-corrected chi connectivity index (χ0v) is 11.4. The molecule has 1 aromatic rings. The largest absolute Gasteiger partial charge is 0.387 e. The number of nitrogens with one attached hydrogen (secondary N) is 1. The fourth-order valence-electron chi connectivity index (χ4n) is 1.81. The van der Waals surface area contributed by atoms with Crippen LogP contribution in [0.25, 0.3) is 0 Å². The molecule has 0 aromatic carbocycles. The van der Waals surface area contributed by atoms with Gasteiger partial charge in [-0.2, -0.15) is 0 Å². The standard InChI is InChI=1S/C13H21N3O2/c1-10-6-5-7-14-11(10)12(17)15-8-13(2,18)9-16(3)4/h5-7,18H,8-9H2,1-4H3,(H,15,17). The van der Waals surface area contributed by atoms with Gasteiger partial charge in [0, 0.05) is 19.3 Å². The Hall–Kier alpha value is -1.46. The average Bonchev–Trinajstić information content (AvgIpc) is 2.25. The van der Waals surface area contributed by atoms with Gasteiger partial charge in [0.15, 0.2) is 0 Å². The molecule has 1 atom stereocenters. The molecule has 0 bridgehead atoms. The van der Waals surface area contributed by atoms with Crippen LogP contribution in [0, 0.1) is 6.92 Å². The zero-order chi connectivity index (χ0) is 13.8. The Kier molecular flexibility index (Phi) is 4.81. The summed E-state index contributed by atoms with van der Waals surface area (Å²) in [7, 11) is 3.75. The molecule has 0 aliphatic carbocycles. The van der Waals surface area contributed by atoms with E-state index in [1.807, 2.05) is 32.0 Å². The molecule has 0 aliphatic heterocycles. The maximum absolute atomic E-state index is 11.9. The molecule has 0 spiro atoms. The van der Waals surface area contributed by atoms with E-state index in [1.54, 1.807) is 19.2 Å². The van der Waals surface area contributed by atoms with E-state index in [-0.39, 0.29) is 12.5 Å². The molecule has 1 rings (SSSR count). The maximum atomic E-state index is 11.9. The smallest absolute Gasteiger partial charge is 0.270 e. The third-order valence-electron chi connectivity index (χ3n) is 2.51. The first-order valence-corrected chi connectivity index (χ1v) is 5.89. The number of aryl methyl sites for hydroxylation is 1. The lowest BCUT2D eigenvalue weighted by molar-refractivity contribution is 0.0325. The predicted octanol–water partition coefficient (Wildman–Crippen LogP) is 0.432. The van der Waals surface area contributed by atoms with Crippen LogP contribution in [0.15, 0.2) is 18.3 Å². The molecular formula is C13H21N3O2. The van der Waals surface area contributed by atoms with Gasteiger partial charge in [-0.15, -0.1) is 0 Å². The maximum Gasteiger partial charge on any atom is 0.270 e. The molecule has 18 heavy (non-hydrogen) atoms. The van der Waals surface area contributed by atoms with E-state index in [0.29, 0.717) is 12.2 Å². The Morgan fingerprint density at radius 1 is 1.56 bits per heavy atom. The van der Waals surface area contributed by atoms with Crippen molar-refractivity contribution in [2.75, 3.05) is 27.2 Å². The molecule has 2 N–H and O–H groups in total. The summed E-state index contributed by atoms with van der Waals surface area (Å²) >= 11 is 0. The number of hydrogen-bond donors (Lipinski definition) is 2. The van der Waals surface area contributed by atoms with Gasteiger partial charge in [0.25, 0.3) is 5.91 Å². The number of likely N-dealkylation sites (N-methyl/N-ethyl adjacent to an activating group) is 1. The molecular weight excluding hydrogens is 230 g/mol. The van der Waals surface area contributed by atoms with Crippen LogP contribution in [0.5, 0.6) is 0 Å². The van der Waals surface area contributed by atoms with Crippen molar-refractivity contribution in [2.24, 2.45) is 0 Å². The van der Waals surface area contributed by atoms with Crippen molar-refractivity contribution in [3.63, 3.8) is 0 Å². The second kappa shape index (κ2) is 5.93. The molecule has 0 radical (unpaired) electrons. The van der Waals surface area contributed by atoms with Crippen molar-refractivity contribution in [1.29, 1.82) is 0 Å². The van der Waals surface area contributed by atoms with Gasteiger partial charge in [0.2, 0.25) is 0 Å². The Morgan fingerprint density at radius 2 is 2.22 bits per heavy atom. The zero-order valence-electron chi connectivity index (χ0n) is 11.4. The first kappa shape index (κ1) is 14.6. The number of carbonyl (C=O) groups excluding carboxylic acids is 1. The lowest BCUT2D eigenvalue weighted by Gasteiger charge is -2.27. The van der Waals surface area contributed by atoms with Gasteiger partial charge in [-0.1, -0.05) is 6.07 Å². The quantitative estimate of drug-likeness (QED) is 0.796. The molecule has 5 nitrogen and oxygen atoms in total. The van der Waals surface area contributed by atoms with Gasteiger partial charge in [-0.25, -0.2) is 0 Å². The van der Waals surface area contributed by atoms with Crippen molar-refractivity contribution < 1.29 is 9.90 Å². The highest BCUT2D eigenvalue weighted by Crippen LogP contribution is 2.05. The van der Waals surface area contributed by atoms with Crippen molar-refractivity contribution in [3.8, 4) is 0 Å². The summed E-state index contributed by atoms with van der Waals surface area (Å²) in [6, 6.07) is 3.62. The number of aliphatic hydroxyl groups is 1. The fraction of sp³-hybridized carbons (Fsp3) is 0.538. The predicted molar refractivity (Wildman–Crippen MR) is 70.5 cm³/mol. The number of amides is 1. The van der Waals surface area contributed by atoms with Crippen LogP contribution in [0.1, 0.15) is 23.0 Å². The van der Waals surface area contributed by atoms with Crippen molar-refractivity contribution >= 4 is 5.91 Å². The topological polar surface area (TPSA) is 65.5 Å². The van der Waals surface area contributed by atoms with Gasteiger partial charge >= 0.3 is 0 Å². The summed E-state index contributed by atoms with van der Waals surface area (Å²) in [6.07, 6.45) is 1.58. The molecule has 0 saturated carbocycles. The van der Waals surface area contributed by atoms with E-state index < -0.39 is 5.60 Å². The van der Waals surface area contributed by atoms with Crippen LogP contribution >= 0.6 is 0 Å². The summed E-state index contributed by atoms with van der Waals surface area (Å²) in [6.45, 7) is 4.20. The lowest BCUT2D eigenvalue weighted by atomic mass is 10.1. The Bertz CT molecular complexity index is 416. The second-order valence-corrected chi connectivity index (χ2v) is 5.09. The summed E-state index contributed by atoms with van der Waals surface area (Å²) < 4.78 is 0. The van der Waals surface area contributed by atoms with Crippen LogP contribution in [0.3, 0.4) is 0 Å². The van der Waals surface area contributed by atoms with Gasteiger partial charge in [0.05, 0.1) is 5.60 Å². The molecule has 1 aromatic heterocycles. The van der Waals surface area contributed by atoms with E-state index in [4.69, 9.17) is 0 Å². The highest BCUT2D eigenvalue weighted by atomic mass is 16.3. The Balaban J connectivity index is 2.59. The summed E-state index contributed by atoms with van der Waals surface area (Å²) in [5.41, 5.74) is 0.266. The number of nitrogens with zero attached hydrogens (tertiary/aromatic N) is 2. The highest BCUT2D eigenvalue weighted by molar-refractivity contribution is 5.93. The molecule has 5 heteroatoms. The van der Waals surface area contributed by atoms with Gasteiger partial charge in [-0.05, 0) is 39.6 Å². The Labute approximate surface area is 108 Å². The number of rotatable bonds is 5. The minimum atomic E-state index is -0.957. The van der Waals surface area contributed by atoms with Gasteiger partial charge in [-0.3, -0.25) is 9.78 Å². The van der Waals surface area contributed by atoms with E-state index in [1.165, 1.54) is 0 Å². The summed E-state index contributed by atoms with van der Waals surface area (Å²) in [5, 5.41) is 12.8. The van der Waals surface area contributed by atoms with Crippen LogP contribution < -0.4 is 5.32 Å². The molecule has 0 saturated heterocycles. The van der Waals surface area contributed by atoms with Crippen molar-refractivity contribution in [3.05, 3.63) is 29.6 Å². The summed E-state index contributed by atoms with van der Waals surface area (Å²) in [4.78, 5) is 17.8. The number of pyridine rings is 1. The van der Waals surface area contributed by atoms with Crippen LogP contribution in [-0.2, 0) is 0 Å². The first-order valence-electron chi connectivity index (χ1n) is 5.89. The SMILES string of the molecule is Cc1cccnc1C(=O)NCC(C)(O)CN(C)C. The van der Waals surface area contributed by atoms with E-state index in [9.17, 15) is 9.90 Å². The third kappa shape index (κ3) is 4.43. The average molecular weight is 251 g/mol. The molecule has 1 amide bonds. The third-order valence-corrected chi connectivity index (χ3v) is 2.51. The second-order valence-electron chi connectivity index (χ2n) is 5.09. The van der Waals surface area contributed by atoms with Gasteiger partial charge in [0.1, 0.15) is 5.69 Å². The molecule has 100 valence electrons. The Morgan fingerprint density at radius 3 is 2.78 bits per heavy atom. The monoisotopic (exact) mass is 251 g/mol. The van der Waals surface area contributed by atoms with Crippen LogP contribution in [-0.4, -0.2) is 53.7 Å². The van der Waals surface area contributed by atoms with Gasteiger partial charge < -0.3 is 15.3 Å². The normalized spacial score (nSPS) is 14.3. The fourth-order valence-corrected chi connectivity index (χ4v) is 1.81. The molecule has 1 heterocycles. The van der Waals surface area contributed by atoms with Crippen molar-refractivity contribution in [2.45, 2.75) is 19.4 Å². The molecule has 0 aliphatic rings. The molecule has 1 unspecified atom stereocenters. The number of hydrogen-bond acceptors (Lipinski definition) is 4. The van der Waals surface area contributed by atoms with E-state index in [0.717, 1.165) is 5.56 Å².